The molecule has 7 aromatic carbocycles. The standard InChI is InChI=1S/C50H38N4O/c1-35-16-9-10-23-42(35)36-30-31-51-49(32-36)53-45-25-12-11-24-43(45)44-29-28-40(34-48(44)53)50(37-17-5-3-6-18-37,38-19-7-4-8-20-38)39-21-15-22-41(33-39)54-47-27-14-13-26-46(47)52(2)55-54/h3-34H,1-2H3/i2D3. The van der Waals surface area contributed by atoms with Gasteiger partial charge in [0, 0.05) is 28.1 Å². The number of aromatic nitrogens is 2. The Hall–Kier alpha value is -6.95. The number of fused-ring (bicyclic) bond motifs is 4. The summed E-state index contributed by atoms with van der Waals surface area (Å²) in [4.78, 5) is 11.2. The smallest absolute Gasteiger partial charge is 0.138 e. The van der Waals surface area contributed by atoms with Crippen LogP contribution in [0.5, 0.6) is 0 Å². The maximum Gasteiger partial charge on any atom is 0.138 e. The van der Waals surface area contributed by atoms with Crippen LogP contribution in [0.3, 0.4) is 0 Å². The molecule has 0 bridgehead atoms. The van der Waals surface area contributed by atoms with E-state index < -0.39 is 12.4 Å². The number of hydroxylamine groups is 1. The molecular weight excluding hydrogens is 673 g/mol. The fourth-order valence-electron chi connectivity index (χ4n) is 8.46. The highest BCUT2D eigenvalue weighted by Gasteiger charge is 2.40. The summed E-state index contributed by atoms with van der Waals surface area (Å²) in [7, 11) is 0. The largest absolute Gasteiger partial charge is 0.294 e. The van der Waals surface area contributed by atoms with Crippen molar-refractivity contribution in [2.75, 3.05) is 17.1 Å². The van der Waals surface area contributed by atoms with E-state index in [1.165, 1.54) is 11.1 Å². The molecule has 1 aliphatic heterocycles. The third-order valence-electron chi connectivity index (χ3n) is 10.9. The summed E-state index contributed by atoms with van der Waals surface area (Å²) in [5, 5.41) is 4.88. The number of rotatable bonds is 7. The van der Waals surface area contributed by atoms with E-state index in [4.69, 9.17) is 14.0 Å². The van der Waals surface area contributed by atoms with E-state index >= 15 is 0 Å². The first-order chi connectivity index (χ1) is 28.3. The molecule has 0 N–H and O–H groups in total. The monoisotopic (exact) mass is 713 g/mol. The van der Waals surface area contributed by atoms with Gasteiger partial charge in [-0.15, -0.1) is 4.94 Å². The first-order valence-corrected chi connectivity index (χ1v) is 18.5. The summed E-state index contributed by atoms with van der Waals surface area (Å²) in [6.07, 6.45) is 1.90. The first-order valence-electron chi connectivity index (χ1n) is 20.0. The fourth-order valence-corrected chi connectivity index (χ4v) is 8.46. The Morgan fingerprint density at radius 3 is 1.98 bits per heavy atom. The fraction of sp³-hybridized carbons (Fsp3) is 0.0600. The zero-order chi connectivity index (χ0) is 39.4. The zero-order valence-corrected chi connectivity index (χ0v) is 30.2. The van der Waals surface area contributed by atoms with Crippen molar-refractivity contribution < 1.29 is 9.05 Å². The van der Waals surface area contributed by atoms with Crippen LogP contribution in [0.1, 0.15) is 31.9 Å². The van der Waals surface area contributed by atoms with Gasteiger partial charge in [-0.3, -0.25) is 4.57 Å². The van der Waals surface area contributed by atoms with E-state index in [1.54, 1.807) is 11.1 Å². The number of benzene rings is 7. The number of hydrogen-bond donors (Lipinski definition) is 0. The Balaban J connectivity index is 1.24. The van der Waals surface area contributed by atoms with Crippen molar-refractivity contribution in [1.29, 1.82) is 0 Å². The van der Waals surface area contributed by atoms with Gasteiger partial charge in [-0.1, -0.05) is 140 Å². The van der Waals surface area contributed by atoms with Crippen molar-refractivity contribution in [1.82, 2.24) is 9.55 Å². The third kappa shape index (κ3) is 5.24. The average molecular weight is 714 g/mol. The summed E-state index contributed by atoms with van der Waals surface area (Å²) in [5.41, 5.74) is 10.8. The molecule has 2 aromatic heterocycles. The molecule has 264 valence electrons. The summed E-state index contributed by atoms with van der Waals surface area (Å²) < 4.78 is 27.0. The lowest BCUT2D eigenvalue weighted by molar-refractivity contribution is 0.142. The van der Waals surface area contributed by atoms with E-state index in [9.17, 15) is 0 Å². The Bertz CT molecular complexity index is 2920. The maximum atomic E-state index is 8.24. The molecule has 5 nitrogen and oxygen atoms in total. The molecule has 1 aliphatic rings. The van der Waals surface area contributed by atoms with Crippen molar-refractivity contribution >= 4 is 38.9 Å². The van der Waals surface area contributed by atoms with E-state index in [2.05, 4.69) is 151 Å². The lowest BCUT2D eigenvalue weighted by Crippen LogP contribution is -2.31. The van der Waals surface area contributed by atoms with E-state index in [0.29, 0.717) is 17.1 Å². The predicted molar refractivity (Wildman–Crippen MR) is 225 cm³/mol. The molecule has 9 aromatic rings. The maximum absolute atomic E-state index is 8.24. The molecule has 55 heavy (non-hydrogen) atoms. The Morgan fingerprint density at radius 1 is 0.545 bits per heavy atom. The highest BCUT2D eigenvalue weighted by molar-refractivity contribution is 6.09. The number of pyridine rings is 1. The van der Waals surface area contributed by atoms with Gasteiger partial charge in [-0.05, 0) is 94.4 Å². The molecule has 0 atom stereocenters. The molecular formula is C50H38N4O. The molecule has 0 saturated heterocycles. The van der Waals surface area contributed by atoms with Gasteiger partial charge in [0.05, 0.1) is 33.5 Å². The molecule has 0 radical (unpaired) electrons. The van der Waals surface area contributed by atoms with Crippen LogP contribution in [0.15, 0.2) is 194 Å². The number of aryl methyl sites for hydroxylation is 1. The number of nitrogens with zero attached hydrogens (tertiary/aromatic N) is 4. The second-order valence-electron chi connectivity index (χ2n) is 14.0. The third-order valence-corrected chi connectivity index (χ3v) is 10.9. The number of hydrogen-bond acceptors (Lipinski definition) is 4. The minimum Gasteiger partial charge on any atom is -0.294 e. The highest BCUT2D eigenvalue weighted by Crippen LogP contribution is 2.49. The molecule has 5 heteroatoms. The van der Waals surface area contributed by atoms with Crippen molar-refractivity contribution in [3.8, 4) is 16.9 Å². The van der Waals surface area contributed by atoms with Gasteiger partial charge in [-0.2, -0.15) is 5.06 Å². The number of anilines is 3. The van der Waals surface area contributed by atoms with E-state index in [-0.39, 0.29) is 0 Å². The second kappa shape index (κ2) is 13.2. The van der Waals surface area contributed by atoms with Gasteiger partial charge in [-0.25, -0.2) is 10.0 Å². The van der Waals surface area contributed by atoms with Crippen LogP contribution in [0.4, 0.5) is 17.1 Å². The Labute approximate surface area is 325 Å². The molecule has 0 unspecified atom stereocenters. The van der Waals surface area contributed by atoms with Crippen molar-refractivity contribution in [3.05, 3.63) is 222 Å². The second-order valence-corrected chi connectivity index (χ2v) is 14.0. The predicted octanol–water partition coefficient (Wildman–Crippen LogP) is 12.0. The summed E-state index contributed by atoms with van der Waals surface area (Å²) >= 11 is 0. The summed E-state index contributed by atoms with van der Waals surface area (Å²) in [5.74, 6) is 0.833. The summed E-state index contributed by atoms with van der Waals surface area (Å²) in [6.45, 7) is -0.371. The normalized spacial score (nSPS) is 13.8. The minimum atomic E-state index is -2.51. The lowest BCUT2D eigenvalue weighted by Gasteiger charge is -2.37. The van der Waals surface area contributed by atoms with Crippen LogP contribution in [0, 0.1) is 6.92 Å². The molecule has 0 aliphatic carbocycles. The molecule has 0 amide bonds. The molecule has 0 saturated carbocycles. The minimum absolute atomic E-state index is 0.476. The lowest BCUT2D eigenvalue weighted by atomic mass is 9.65. The summed E-state index contributed by atoms with van der Waals surface area (Å²) in [6, 6.07) is 64.8. The SMILES string of the molecule is [2H]C([2H])([2H])N1ON(c2cccc(C(c3ccccc3)(c3ccccc3)c3ccc4c5ccccc5n(-c5cc(-c6ccccc6C)ccn5)c4c3)c2)c2ccccc21. The first kappa shape index (κ1) is 29.5. The van der Waals surface area contributed by atoms with Crippen LogP contribution in [-0.4, -0.2) is 16.5 Å². The Morgan fingerprint density at radius 2 is 1.20 bits per heavy atom. The van der Waals surface area contributed by atoms with E-state index in [0.717, 1.165) is 60.5 Å². The zero-order valence-electron chi connectivity index (χ0n) is 33.2. The van der Waals surface area contributed by atoms with Crippen molar-refractivity contribution in [2.24, 2.45) is 0 Å². The van der Waals surface area contributed by atoms with Gasteiger partial charge in [0.25, 0.3) is 0 Å². The average Bonchev–Trinajstić information content (AvgIpc) is 3.82. The molecule has 0 fully saturated rings. The van der Waals surface area contributed by atoms with Crippen LogP contribution in [-0.2, 0) is 10.4 Å². The molecule has 3 heterocycles. The van der Waals surface area contributed by atoms with Crippen LogP contribution in [0.2, 0.25) is 0 Å². The van der Waals surface area contributed by atoms with Crippen LogP contribution in [0.25, 0.3) is 38.8 Å². The molecule has 10 rings (SSSR count). The topological polar surface area (TPSA) is 33.5 Å². The van der Waals surface area contributed by atoms with Gasteiger partial charge in [0.15, 0.2) is 0 Å². The van der Waals surface area contributed by atoms with Gasteiger partial charge in [0.1, 0.15) is 5.82 Å². The molecule has 0 spiro atoms. The van der Waals surface area contributed by atoms with E-state index in [1.807, 2.05) is 48.7 Å². The highest BCUT2D eigenvalue weighted by atomic mass is 16.8. The van der Waals surface area contributed by atoms with Crippen LogP contribution < -0.4 is 10.1 Å². The quantitative estimate of drug-likeness (QED) is 0.154. The van der Waals surface area contributed by atoms with Crippen molar-refractivity contribution in [3.63, 3.8) is 0 Å². The Kier molecular flexibility index (Phi) is 7.06. The van der Waals surface area contributed by atoms with Gasteiger partial charge < -0.3 is 0 Å². The van der Waals surface area contributed by atoms with Gasteiger partial charge >= 0.3 is 0 Å². The van der Waals surface area contributed by atoms with Crippen LogP contribution >= 0.6 is 0 Å². The van der Waals surface area contributed by atoms with Gasteiger partial charge in [0.2, 0.25) is 0 Å². The van der Waals surface area contributed by atoms with Crippen molar-refractivity contribution in [2.45, 2.75) is 12.3 Å². The number of para-hydroxylation sites is 3.